The van der Waals surface area contributed by atoms with Gasteiger partial charge in [0.05, 0.1) is 6.61 Å². The zero-order valence-electron chi connectivity index (χ0n) is 8.56. The normalized spacial score (nSPS) is 15.6. The molecule has 0 aliphatic carbocycles. The monoisotopic (exact) mass is 371 g/mol. The van der Waals surface area contributed by atoms with E-state index >= 15 is 0 Å². The topological polar surface area (TPSA) is 233 Å². The Hall–Kier alpha value is -0.0318. The fourth-order valence-electron chi connectivity index (χ4n) is 0.668. The molecule has 0 saturated carbocycles. The number of carboxylic acid groups (broad SMARTS) is 1. The maximum Gasteiger partial charge on any atom is 0.335 e. The molecular weight excluding hydrogens is 354 g/mol. The van der Waals surface area contributed by atoms with Gasteiger partial charge in [-0.05, 0) is 0 Å². The summed E-state index contributed by atoms with van der Waals surface area (Å²) in [5.41, 5.74) is 0. The Morgan fingerprint density at radius 2 is 1.29 bits per heavy atom. The van der Waals surface area contributed by atoms with Crippen molar-refractivity contribution in [3.8, 4) is 0 Å². The fraction of sp³-hybridized carbons (Fsp3) is 0.833. The number of hydrogen-bond acceptors (Lipinski definition) is 6. The number of carbonyl (C=O) groups is 1. The first kappa shape index (κ1) is 30.2. The predicted octanol–water partition coefficient (Wildman–Crippen LogP) is -6.35. The zero-order chi connectivity index (χ0) is 10.6. The van der Waals surface area contributed by atoms with Crippen molar-refractivity contribution in [2.24, 2.45) is 0 Å². The van der Waals surface area contributed by atoms with E-state index in [-0.39, 0.29) is 40.9 Å². The van der Waals surface area contributed by atoms with Crippen LogP contribution in [-0.2, 0) is 4.79 Å². The van der Waals surface area contributed by atoms with Gasteiger partial charge in [-0.25, -0.2) is 4.79 Å². The Bertz CT molecular complexity index is 178. The van der Waals surface area contributed by atoms with E-state index in [0.717, 1.165) is 0 Å². The van der Waals surface area contributed by atoms with Crippen molar-refractivity contribution in [3.63, 3.8) is 0 Å². The molecule has 0 spiro atoms. The summed E-state index contributed by atoms with van der Waals surface area (Å²) < 4.78 is 0. The van der Waals surface area contributed by atoms with Gasteiger partial charge in [0.2, 0.25) is 0 Å². The third kappa shape index (κ3) is 9.65. The van der Waals surface area contributed by atoms with Crippen LogP contribution in [0.2, 0.25) is 0 Å². The first-order valence-corrected chi connectivity index (χ1v) is 3.47. The SMILES string of the molecule is O.O.O.O=C(O)C(O)C(O)C(O)C(O)CO.[Sb]. The largest absolute Gasteiger partial charge is 0.479 e. The van der Waals surface area contributed by atoms with Crippen molar-refractivity contribution < 1.29 is 51.9 Å². The average Bonchev–Trinajstić information content (AvgIpc) is 2.12. The van der Waals surface area contributed by atoms with Crippen LogP contribution >= 0.6 is 0 Å². The second-order valence-corrected chi connectivity index (χ2v) is 2.51. The van der Waals surface area contributed by atoms with Crippen LogP contribution in [-0.4, -0.2) is 108 Å². The van der Waals surface area contributed by atoms with Crippen LogP contribution in [0.25, 0.3) is 0 Å². The summed E-state index contributed by atoms with van der Waals surface area (Å²) in [7, 11) is 0. The van der Waals surface area contributed by atoms with Crippen molar-refractivity contribution in [1.29, 1.82) is 0 Å². The van der Waals surface area contributed by atoms with Crippen LogP contribution in [0.3, 0.4) is 0 Å². The number of aliphatic carboxylic acids is 1. The van der Waals surface area contributed by atoms with Gasteiger partial charge in [0.25, 0.3) is 0 Å². The number of aliphatic hydroxyl groups is 5. The molecule has 0 fully saturated rings. The van der Waals surface area contributed by atoms with Crippen molar-refractivity contribution in [3.05, 3.63) is 0 Å². The van der Waals surface area contributed by atoms with Gasteiger partial charge in [-0.3, -0.25) is 0 Å². The van der Waals surface area contributed by atoms with E-state index in [1.54, 1.807) is 0 Å². The summed E-state index contributed by atoms with van der Waals surface area (Å²) in [4.78, 5) is 10.1. The Balaban J connectivity index is -0.000000120. The molecule has 0 rings (SSSR count). The standard InChI is InChI=1S/C6H12O7.3H2O.Sb/c7-1-2(8)3(9)4(10)5(11)6(12)13;;;;/h2-5,7-11H,1H2,(H,12,13);3*1H2;. The van der Waals surface area contributed by atoms with Gasteiger partial charge >= 0.3 is 5.97 Å². The van der Waals surface area contributed by atoms with Gasteiger partial charge in [0.15, 0.2) is 6.10 Å². The van der Waals surface area contributed by atoms with Crippen LogP contribution < -0.4 is 0 Å². The fourth-order valence-corrected chi connectivity index (χ4v) is 0.668. The van der Waals surface area contributed by atoms with Gasteiger partial charge in [0, 0.05) is 24.4 Å². The molecule has 0 saturated heterocycles. The molecule has 0 aliphatic heterocycles. The molecule has 12 N–H and O–H groups in total. The summed E-state index contributed by atoms with van der Waals surface area (Å²) in [6, 6.07) is 0. The van der Waals surface area contributed by atoms with Gasteiger partial charge < -0.3 is 47.1 Å². The zero-order valence-corrected chi connectivity index (χ0v) is 11.1. The molecule has 0 heterocycles. The molecule has 0 amide bonds. The molecule has 0 aromatic rings. The second kappa shape index (κ2) is 14.0. The quantitative estimate of drug-likeness (QED) is 0.255. The van der Waals surface area contributed by atoms with Gasteiger partial charge in [-0.1, -0.05) is 0 Å². The first-order valence-electron chi connectivity index (χ1n) is 3.47. The molecule has 17 heavy (non-hydrogen) atoms. The maximum absolute atomic E-state index is 10.1. The summed E-state index contributed by atoms with van der Waals surface area (Å²) in [5, 5.41) is 51.8. The molecule has 0 aromatic heterocycles. The molecule has 11 heteroatoms. The van der Waals surface area contributed by atoms with Crippen molar-refractivity contribution in [1.82, 2.24) is 0 Å². The third-order valence-electron chi connectivity index (χ3n) is 1.51. The third-order valence-corrected chi connectivity index (χ3v) is 1.51. The molecular formula is C6H18O10Sb. The van der Waals surface area contributed by atoms with Crippen LogP contribution in [0.15, 0.2) is 0 Å². The minimum atomic E-state index is -2.20. The molecule has 0 bridgehead atoms. The van der Waals surface area contributed by atoms with Gasteiger partial charge in [-0.2, -0.15) is 0 Å². The summed E-state index contributed by atoms with van der Waals surface area (Å²) in [6.07, 6.45) is -7.84. The van der Waals surface area contributed by atoms with Crippen LogP contribution in [0.1, 0.15) is 0 Å². The minimum Gasteiger partial charge on any atom is -0.479 e. The van der Waals surface area contributed by atoms with E-state index in [0.29, 0.717) is 0 Å². The van der Waals surface area contributed by atoms with E-state index in [1.165, 1.54) is 0 Å². The first-order chi connectivity index (χ1) is 5.91. The van der Waals surface area contributed by atoms with Crippen molar-refractivity contribution in [2.75, 3.05) is 6.61 Å². The Labute approximate surface area is 114 Å². The van der Waals surface area contributed by atoms with E-state index in [4.69, 9.17) is 30.6 Å². The van der Waals surface area contributed by atoms with Crippen LogP contribution in [0.4, 0.5) is 0 Å². The Morgan fingerprint density at radius 3 is 1.53 bits per heavy atom. The Kier molecular flexibility index (Phi) is 24.9. The summed E-state index contributed by atoms with van der Waals surface area (Å²) >= 11 is 0. The van der Waals surface area contributed by atoms with Gasteiger partial charge in [0.1, 0.15) is 18.3 Å². The molecule has 107 valence electrons. The summed E-state index contributed by atoms with van der Waals surface area (Å²) in [5.74, 6) is -1.73. The van der Waals surface area contributed by atoms with Crippen LogP contribution in [0, 0.1) is 0 Å². The van der Waals surface area contributed by atoms with Crippen molar-refractivity contribution in [2.45, 2.75) is 24.4 Å². The smallest absolute Gasteiger partial charge is 0.335 e. The van der Waals surface area contributed by atoms with Crippen molar-refractivity contribution >= 4 is 30.4 Å². The van der Waals surface area contributed by atoms with E-state index in [1.807, 2.05) is 0 Å². The Morgan fingerprint density at radius 1 is 0.941 bits per heavy atom. The average molecular weight is 372 g/mol. The molecule has 4 atom stereocenters. The molecule has 0 aliphatic rings. The summed E-state index contributed by atoms with van der Waals surface area (Å²) in [6.45, 7) is -0.843. The number of aliphatic hydroxyl groups excluding tert-OH is 5. The molecule has 3 radical (unpaired) electrons. The second-order valence-electron chi connectivity index (χ2n) is 2.51. The minimum absolute atomic E-state index is 0. The number of carboxylic acids is 1. The number of hydrogen-bond donors (Lipinski definition) is 6. The van der Waals surface area contributed by atoms with Crippen LogP contribution in [0.5, 0.6) is 0 Å². The van der Waals surface area contributed by atoms with E-state index in [9.17, 15) is 4.79 Å². The van der Waals surface area contributed by atoms with Gasteiger partial charge in [-0.15, -0.1) is 0 Å². The predicted molar refractivity (Wildman–Crippen MR) is 55.3 cm³/mol. The molecule has 4 unspecified atom stereocenters. The molecule has 10 nitrogen and oxygen atoms in total. The molecule has 0 aromatic carbocycles. The van der Waals surface area contributed by atoms with E-state index in [2.05, 4.69) is 0 Å². The van der Waals surface area contributed by atoms with E-state index < -0.39 is 37.0 Å². The number of rotatable bonds is 5. The maximum atomic E-state index is 10.1.